The molecule has 0 bridgehead atoms. The van der Waals surface area contributed by atoms with Crippen molar-refractivity contribution >= 4 is 44.2 Å². The molecule has 0 saturated carbocycles. The van der Waals surface area contributed by atoms with Crippen LogP contribution in [0.4, 0.5) is 5.13 Å². The number of nitrogens with zero attached hydrogens (tertiary/aromatic N) is 3. The summed E-state index contributed by atoms with van der Waals surface area (Å²) in [5.41, 5.74) is 0.239. The summed E-state index contributed by atoms with van der Waals surface area (Å²) in [6.07, 6.45) is 0. The largest absolute Gasteiger partial charge is 0.360 e. The molecule has 0 fully saturated rings. The zero-order valence-corrected chi connectivity index (χ0v) is 14.7. The molecule has 10 heteroatoms. The molecular weight excluding hydrogens is 356 g/mol. The first-order chi connectivity index (χ1) is 11.0. The second-order valence-electron chi connectivity index (χ2n) is 4.63. The fraction of sp³-hybridized carbons (Fsp3) is 0.308. The van der Waals surface area contributed by atoms with Gasteiger partial charge in [0.1, 0.15) is 4.90 Å². The Kier molecular flexibility index (Phi) is 4.55. The molecule has 0 aliphatic carbocycles. The van der Waals surface area contributed by atoms with E-state index in [2.05, 4.69) is 15.5 Å². The number of carbonyl (C=O) groups excluding carboxylic acids is 1. The number of anilines is 1. The van der Waals surface area contributed by atoms with Crippen molar-refractivity contribution in [3.63, 3.8) is 0 Å². The number of carbonyl (C=O) groups is 1. The van der Waals surface area contributed by atoms with Gasteiger partial charge in [-0.25, -0.2) is 12.7 Å². The maximum Gasteiger partial charge on any atom is 0.269 e. The van der Waals surface area contributed by atoms with Gasteiger partial charge in [-0.05, 0) is 19.1 Å². The third kappa shape index (κ3) is 3.06. The molecule has 2 heterocycles. The molecule has 7 nitrogen and oxygen atoms in total. The average Bonchev–Trinajstić information content (AvgIpc) is 3.05. The molecule has 2 aromatic rings. The molecule has 0 unspecified atom stereocenters. The smallest absolute Gasteiger partial charge is 0.269 e. The lowest BCUT2D eigenvalue weighted by Crippen LogP contribution is -2.32. The van der Waals surface area contributed by atoms with E-state index in [1.54, 1.807) is 12.1 Å². The monoisotopic (exact) mass is 370 g/mol. The van der Waals surface area contributed by atoms with Gasteiger partial charge in [0.2, 0.25) is 5.13 Å². The molecule has 1 N–H and O–H groups in total. The van der Waals surface area contributed by atoms with E-state index in [-0.39, 0.29) is 17.0 Å². The molecule has 1 aromatic carbocycles. The maximum atomic E-state index is 12.4. The minimum absolute atomic E-state index is 0.0837. The highest BCUT2D eigenvalue weighted by Crippen LogP contribution is 2.31. The highest BCUT2D eigenvalue weighted by molar-refractivity contribution is 8.01. The van der Waals surface area contributed by atoms with E-state index in [0.29, 0.717) is 5.75 Å². The van der Waals surface area contributed by atoms with Crippen LogP contribution in [0.15, 0.2) is 33.5 Å². The molecule has 1 aliphatic heterocycles. The first-order valence-corrected chi connectivity index (χ1v) is 10.1. The van der Waals surface area contributed by atoms with E-state index in [1.807, 2.05) is 6.92 Å². The standard InChI is InChI=1S/C13H14N4O3S3/c1-2-14-12-15-16-13(22-12)21-8-7-17-11(18)9-5-3-4-6-10(9)23(17,19)20/h3-6H,2,7-8H2,1H3,(H,14,15). The quantitative estimate of drug-likeness (QED) is 0.777. The summed E-state index contributed by atoms with van der Waals surface area (Å²) in [6.45, 7) is 2.84. The van der Waals surface area contributed by atoms with Crippen molar-refractivity contribution in [2.45, 2.75) is 16.2 Å². The molecule has 1 aromatic heterocycles. The van der Waals surface area contributed by atoms with Gasteiger partial charge in [-0.1, -0.05) is 35.2 Å². The van der Waals surface area contributed by atoms with Gasteiger partial charge in [0.15, 0.2) is 4.34 Å². The Balaban J connectivity index is 1.66. The fourth-order valence-electron chi connectivity index (χ4n) is 2.16. The van der Waals surface area contributed by atoms with Crippen LogP contribution in [0.3, 0.4) is 0 Å². The summed E-state index contributed by atoms with van der Waals surface area (Å²) in [4.78, 5) is 12.3. The second kappa shape index (κ2) is 6.46. The van der Waals surface area contributed by atoms with Crippen LogP contribution < -0.4 is 5.32 Å². The minimum Gasteiger partial charge on any atom is -0.360 e. The van der Waals surface area contributed by atoms with Gasteiger partial charge in [0.05, 0.1) is 5.56 Å². The normalized spacial score (nSPS) is 15.7. The lowest BCUT2D eigenvalue weighted by atomic mass is 10.2. The zero-order chi connectivity index (χ0) is 16.4. The third-order valence-electron chi connectivity index (χ3n) is 3.17. The zero-order valence-electron chi connectivity index (χ0n) is 12.2. The lowest BCUT2D eigenvalue weighted by molar-refractivity contribution is 0.0876. The van der Waals surface area contributed by atoms with Crippen molar-refractivity contribution in [2.24, 2.45) is 0 Å². The summed E-state index contributed by atoms with van der Waals surface area (Å²) in [5.74, 6) is -0.0356. The molecule has 122 valence electrons. The average molecular weight is 370 g/mol. The minimum atomic E-state index is -3.73. The van der Waals surface area contributed by atoms with Crippen molar-refractivity contribution < 1.29 is 13.2 Å². The number of amides is 1. The topological polar surface area (TPSA) is 92.3 Å². The van der Waals surface area contributed by atoms with Crippen LogP contribution in [-0.2, 0) is 10.0 Å². The number of benzene rings is 1. The van der Waals surface area contributed by atoms with Gasteiger partial charge in [0, 0.05) is 18.8 Å². The van der Waals surface area contributed by atoms with Crippen molar-refractivity contribution in [2.75, 3.05) is 24.2 Å². The molecule has 1 amide bonds. The molecule has 1 aliphatic rings. The predicted molar refractivity (Wildman–Crippen MR) is 89.5 cm³/mol. The summed E-state index contributed by atoms with van der Waals surface area (Å²) in [6, 6.07) is 6.28. The van der Waals surface area contributed by atoms with Crippen LogP contribution in [-0.4, -0.2) is 47.7 Å². The number of aromatic nitrogens is 2. The Morgan fingerprint density at radius 2 is 2.09 bits per heavy atom. The van der Waals surface area contributed by atoms with Gasteiger partial charge in [-0.15, -0.1) is 10.2 Å². The Bertz CT molecular complexity index is 834. The van der Waals surface area contributed by atoms with Crippen molar-refractivity contribution in [1.82, 2.24) is 14.5 Å². The van der Waals surface area contributed by atoms with Crippen LogP contribution in [0.25, 0.3) is 0 Å². The van der Waals surface area contributed by atoms with E-state index in [0.717, 1.165) is 20.3 Å². The Morgan fingerprint density at radius 1 is 1.30 bits per heavy atom. The molecular formula is C13H14N4O3S3. The van der Waals surface area contributed by atoms with Crippen molar-refractivity contribution in [1.29, 1.82) is 0 Å². The van der Waals surface area contributed by atoms with Crippen LogP contribution in [0.5, 0.6) is 0 Å². The Labute approximate surface area is 142 Å². The molecule has 0 atom stereocenters. The second-order valence-corrected chi connectivity index (χ2v) is 8.78. The highest BCUT2D eigenvalue weighted by atomic mass is 32.2. The fourth-order valence-corrected chi connectivity index (χ4v) is 5.66. The Hall–Kier alpha value is -1.65. The maximum absolute atomic E-state index is 12.4. The van der Waals surface area contributed by atoms with Crippen LogP contribution >= 0.6 is 23.1 Å². The number of hydrogen-bond donors (Lipinski definition) is 1. The summed E-state index contributed by atoms with van der Waals surface area (Å²) in [7, 11) is -3.73. The molecule has 0 radical (unpaired) electrons. The number of thioether (sulfide) groups is 1. The Morgan fingerprint density at radius 3 is 2.83 bits per heavy atom. The number of fused-ring (bicyclic) bond motifs is 1. The summed E-state index contributed by atoms with van der Waals surface area (Å²) < 4.78 is 26.4. The van der Waals surface area contributed by atoms with E-state index < -0.39 is 15.9 Å². The van der Waals surface area contributed by atoms with Gasteiger partial charge in [-0.2, -0.15) is 0 Å². The number of rotatable bonds is 6. The molecule has 3 rings (SSSR count). The predicted octanol–water partition coefficient (Wildman–Crippen LogP) is 1.91. The van der Waals surface area contributed by atoms with Gasteiger partial charge < -0.3 is 5.32 Å². The summed E-state index contributed by atoms with van der Waals surface area (Å²) >= 11 is 2.79. The van der Waals surface area contributed by atoms with Gasteiger partial charge >= 0.3 is 0 Å². The lowest BCUT2D eigenvalue weighted by Gasteiger charge is -2.13. The highest BCUT2D eigenvalue weighted by Gasteiger charge is 2.40. The van der Waals surface area contributed by atoms with Crippen LogP contribution in [0.1, 0.15) is 17.3 Å². The van der Waals surface area contributed by atoms with Crippen LogP contribution in [0, 0.1) is 0 Å². The van der Waals surface area contributed by atoms with E-state index in [4.69, 9.17) is 0 Å². The number of nitrogens with one attached hydrogen (secondary N) is 1. The SMILES string of the molecule is CCNc1nnc(SCCN2C(=O)c3ccccc3S2(=O)=O)s1. The first kappa shape index (κ1) is 16.2. The molecule has 23 heavy (non-hydrogen) atoms. The van der Waals surface area contributed by atoms with Crippen molar-refractivity contribution in [3.05, 3.63) is 29.8 Å². The molecule has 0 spiro atoms. The molecule has 0 saturated heterocycles. The third-order valence-corrected chi connectivity index (χ3v) is 7.00. The van der Waals surface area contributed by atoms with Crippen LogP contribution in [0.2, 0.25) is 0 Å². The van der Waals surface area contributed by atoms with Gasteiger partial charge in [0.25, 0.3) is 15.9 Å². The van der Waals surface area contributed by atoms with E-state index in [9.17, 15) is 13.2 Å². The van der Waals surface area contributed by atoms with E-state index in [1.165, 1.54) is 35.2 Å². The van der Waals surface area contributed by atoms with Gasteiger partial charge in [-0.3, -0.25) is 4.79 Å². The van der Waals surface area contributed by atoms with E-state index >= 15 is 0 Å². The number of hydrogen-bond acceptors (Lipinski definition) is 8. The number of sulfonamides is 1. The van der Waals surface area contributed by atoms with Crippen molar-refractivity contribution in [3.8, 4) is 0 Å². The summed E-state index contributed by atoms with van der Waals surface area (Å²) in [5, 5.41) is 11.8. The first-order valence-electron chi connectivity index (χ1n) is 6.90.